The number of carbonyl (C=O) groups excluding carboxylic acids is 1. The minimum atomic E-state index is -0.280. The van der Waals surface area contributed by atoms with Crippen LogP contribution >= 0.6 is 0 Å². The number of para-hydroxylation sites is 1. The Morgan fingerprint density at radius 1 is 1.44 bits per heavy atom. The average Bonchev–Trinajstić information content (AvgIpc) is 2.27. The zero-order valence-corrected chi connectivity index (χ0v) is 9.35. The molecule has 0 atom stereocenters. The van der Waals surface area contributed by atoms with Crippen LogP contribution in [-0.4, -0.2) is 18.3 Å². The van der Waals surface area contributed by atoms with Crippen molar-refractivity contribution >= 4 is 17.4 Å². The molecule has 0 radical (unpaired) electrons. The molecule has 84 valence electrons. The summed E-state index contributed by atoms with van der Waals surface area (Å²) in [5.41, 5.74) is 1.58. The van der Waals surface area contributed by atoms with Crippen molar-refractivity contribution in [2.75, 3.05) is 6.61 Å². The Hall–Kier alpha value is -1.90. The molecular weight excluding hydrogens is 202 g/mol. The standard InChI is InChI=1S/C13H15NO2/c1-3-9-16-13(15)10-11(2)14-12-7-5-4-6-8-12/h3-8H,1,9-10H2,2H3. The largest absolute Gasteiger partial charge is 0.461 e. The fourth-order valence-corrected chi connectivity index (χ4v) is 1.17. The van der Waals surface area contributed by atoms with E-state index in [0.29, 0.717) is 0 Å². The first-order valence-corrected chi connectivity index (χ1v) is 5.08. The Balaban J connectivity index is 2.52. The van der Waals surface area contributed by atoms with Gasteiger partial charge in [-0.2, -0.15) is 0 Å². The fraction of sp³-hybridized carbons (Fsp3) is 0.231. The van der Waals surface area contributed by atoms with E-state index in [4.69, 9.17) is 4.74 Å². The highest BCUT2D eigenvalue weighted by atomic mass is 16.5. The third-order valence-electron chi connectivity index (χ3n) is 1.84. The van der Waals surface area contributed by atoms with Gasteiger partial charge in [-0.25, -0.2) is 0 Å². The molecule has 3 nitrogen and oxygen atoms in total. The Bertz CT molecular complexity index is 382. The van der Waals surface area contributed by atoms with Gasteiger partial charge in [0, 0.05) is 5.71 Å². The number of benzene rings is 1. The Morgan fingerprint density at radius 2 is 2.12 bits per heavy atom. The lowest BCUT2D eigenvalue weighted by atomic mass is 10.3. The predicted molar refractivity (Wildman–Crippen MR) is 65.0 cm³/mol. The van der Waals surface area contributed by atoms with E-state index in [0.717, 1.165) is 11.4 Å². The van der Waals surface area contributed by atoms with Crippen molar-refractivity contribution in [3.63, 3.8) is 0 Å². The SMILES string of the molecule is C=CCOC(=O)CC(C)=Nc1ccccc1. The van der Waals surface area contributed by atoms with Crippen LogP contribution in [0.3, 0.4) is 0 Å². The maximum Gasteiger partial charge on any atom is 0.311 e. The summed E-state index contributed by atoms with van der Waals surface area (Å²) >= 11 is 0. The number of esters is 1. The minimum absolute atomic E-state index is 0.211. The van der Waals surface area contributed by atoms with E-state index >= 15 is 0 Å². The van der Waals surface area contributed by atoms with Gasteiger partial charge in [0.05, 0.1) is 12.1 Å². The van der Waals surface area contributed by atoms with Gasteiger partial charge >= 0.3 is 5.97 Å². The highest BCUT2D eigenvalue weighted by Gasteiger charge is 2.03. The lowest BCUT2D eigenvalue weighted by molar-refractivity contribution is -0.140. The molecule has 3 heteroatoms. The molecule has 0 aliphatic heterocycles. The van der Waals surface area contributed by atoms with Crippen molar-refractivity contribution in [1.29, 1.82) is 0 Å². The molecule has 1 rings (SSSR count). The van der Waals surface area contributed by atoms with E-state index in [2.05, 4.69) is 11.6 Å². The molecular formula is C13H15NO2. The van der Waals surface area contributed by atoms with Crippen LogP contribution in [0, 0.1) is 0 Å². The second kappa shape index (κ2) is 6.56. The van der Waals surface area contributed by atoms with Gasteiger partial charge in [0.2, 0.25) is 0 Å². The molecule has 0 heterocycles. The summed E-state index contributed by atoms with van der Waals surface area (Å²) < 4.78 is 4.86. The average molecular weight is 217 g/mol. The summed E-state index contributed by atoms with van der Waals surface area (Å²) in [5.74, 6) is -0.280. The van der Waals surface area contributed by atoms with Crippen LogP contribution in [0.25, 0.3) is 0 Å². The summed E-state index contributed by atoms with van der Waals surface area (Å²) in [6.07, 6.45) is 1.75. The maximum absolute atomic E-state index is 11.3. The monoisotopic (exact) mass is 217 g/mol. The van der Waals surface area contributed by atoms with E-state index in [1.165, 1.54) is 0 Å². The number of nitrogens with zero attached hydrogens (tertiary/aromatic N) is 1. The molecule has 0 unspecified atom stereocenters. The third-order valence-corrected chi connectivity index (χ3v) is 1.84. The summed E-state index contributed by atoms with van der Waals surface area (Å²) in [5, 5.41) is 0. The number of aliphatic imine (C=N–C) groups is 1. The summed E-state index contributed by atoms with van der Waals surface area (Å²) in [7, 11) is 0. The smallest absolute Gasteiger partial charge is 0.311 e. The van der Waals surface area contributed by atoms with Gasteiger partial charge in [-0.3, -0.25) is 9.79 Å². The zero-order valence-electron chi connectivity index (χ0n) is 9.35. The van der Waals surface area contributed by atoms with Gasteiger partial charge in [-0.05, 0) is 19.1 Å². The van der Waals surface area contributed by atoms with Gasteiger partial charge < -0.3 is 4.74 Å². The van der Waals surface area contributed by atoms with Crippen molar-refractivity contribution in [2.45, 2.75) is 13.3 Å². The van der Waals surface area contributed by atoms with E-state index in [-0.39, 0.29) is 19.0 Å². The lowest BCUT2D eigenvalue weighted by Gasteiger charge is -2.01. The first-order chi connectivity index (χ1) is 7.72. The lowest BCUT2D eigenvalue weighted by Crippen LogP contribution is -2.08. The van der Waals surface area contributed by atoms with Gasteiger partial charge in [-0.15, -0.1) is 0 Å². The molecule has 1 aromatic rings. The molecule has 0 saturated heterocycles. The summed E-state index contributed by atoms with van der Waals surface area (Å²) in [6, 6.07) is 9.51. The van der Waals surface area contributed by atoms with Crippen LogP contribution in [0.1, 0.15) is 13.3 Å². The molecule has 0 aliphatic rings. The van der Waals surface area contributed by atoms with Crippen molar-refractivity contribution in [2.24, 2.45) is 4.99 Å². The molecule has 0 spiro atoms. The molecule has 0 saturated carbocycles. The van der Waals surface area contributed by atoms with Crippen LogP contribution in [0.2, 0.25) is 0 Å². The van der Waals surface area contributed by atoms with Crippen LogP contribution in [0.5, 0.6) is 0 Å². The number of hydrogen-bond acceptors (Lipinski definition) is 3. The van der Waals surface area contributed by atoms with Crippen molar-refractivity contribution in [3.05, 3.63) is 43.0 Å². The minimum Gasteiger partial charge on any atom is -0.461 e. The summed E-state index contributed by atoms with van der Waals surface area (Å²) in [4.78, 5) is 15.5. The second-order valence-electron chi connectivity index (χ2n) is 3.33. The highest BCUT2D eigenvalue weighted by Crippen LogP contribution is 2.10. The zero-order chi connectivity index (χ0) is 11.8. The number of rotatable bonds is 5. The molecule has 0 N–H and O–H groups in total. The van der Waals surface area contributed by atoms with Gasteiger partial charge in [0.25, 0.3) is 0 Å². The van der Waals surface area contributed by atoms with E-state index < -0.39 is 0 Å². The van der Waals surface area contributed by atoms with Crippen molar-refractivity contribution in [1.82, 2.24) is 0 Å². The normalized spacial score (nSPS) is 10.9. The fourth-order valence-electron chi connectivity index (χ4n) is 1.17. The van der Waals surface area contributed by atoms with Gasteiger partial charge in [0.1, 0.15) is 6.61 Å². The second-order valence-corrected chi connectivity index (χ2v) is 3.33. The van der Waals surface area contributed by atoms with Gasteiger partial charge in [-0.1, -0.05) is 30.9 Å². The Kier molecular flexibility index (Phi) is 4.99. The van der Waals surface area contributed by atoms with E-state index in [9.17, 15) is 4.79 Å². The third kappa shape index (κ3) is 4.55. The summed E-state index contributed by atoms with van der Waals surface area (Å²) in [6.45, 7) is 5.53. The predicted octanol–water partition coefficient (Wildman–Crippen LogP) is 2.90. The number of hydrogen-bond donors (Lipinski definition) is 0. The molecule has 0 aliphatic carbocycles. The number of carbonyl (C=O) groups is 1. The Labute approximate surface area is 95.5 Å². The van der Waals surface area contributed by atoms with E-state index in [1.54, 1.807) is 6.08 Å². The van der Waals surface area contributed by atoms with Crippen LogP contribution in [0.15, 0.2) is 48.0 Å². The quantitative estimate of drug-likeness (QED) is 0.432. The van der Waals surface area contributed by atoms with E-state index in [1.807, 2.05) is 37.3 Å². The first-order valence-electron chi connectivity index (χ1n) is 5.08. The number of ether oxygens (including phenoxy) is 1. The maximum atomic E-state index is 11.3. The van der Waals surface area contributed by atoms with Crippen molar-refractivity contribution in [3.8, 4) is 0 Å². The van der Waals surface area contributed by atoms with Crippen LogP contribution in [-0.2, 0) is 9.53 Å². The van der Waals surface area contributed by atoms with Crippen LogP contribution < -0.4 is 0 Å². The highest BCUT2D eigenvalue weighted by molar-refractivity contribution is 5.98. The molecule has 1 aromatic carbocycles. The van der Waals surface area contributed by atoms with Crippen LogP contribution in [0.4, 0.5) is 5.69 Å². The Morgan fingerprint density at radius 3 is 2.75 bits per heavy atom. The van der Waals surface area contributed by atoms with Crippen molar-refractivity contribution < 1.29 is 9.53 Å². The molecule has 0 amide bonds. The molecule has 0 aromatic heterocycles. The first kappa shape index (κ1) is 12.2. The topological polar surface area (TPSA) is 38.7 Å². The van der Waals surface area contributed by atoms with Gasteiger partial charge in [0.15, 0.2) is 0 Å². The molecule has 0 bridgehead atoms. The molecule has 16 heavy (non-hydrogen) atoms. The molecule has 0 fully saturated rings.